The molecule has 1 aliphatic carbocycles. The number of aromatic amines is 1. The van der Waals surface area contributed by atoms with Crippen molar-refractivity contribution < 1.29 is 0 Å². The number of benzene rings is 1. The first-order chi connectivity index (χ1) is 8.90. The molecule has 1 unspecified atom stereocenters. The zero-order valence-corrected chi connectivity index (χ0v) is 10.4. The molecule has 1 aromatic carbocycles. The predicted molar refractivity (Wildman–Crippen MR) is 72.2 cm³/mol. The van der Waals surface area contributed by atoms with Crippen LogP contribution in [0.25, 0.3) is 10.9 Å². The number of aryl methyl sites for hydroxylation is 1. The normalized spacial score (nSPS) is 18.5. The minimum atomic E-state index is 0.384. The lowest BCUT2D eigenvalue weighted by Crippen LogP contribution is -2.25. The van der Waals surface area contributed by atoms with E-state index in [0.29, 0.717) is 12.5 Å². The molecule has 2 aromatic rings. The van der Waals surface area contributed by atoms with E-state index in [1.165, 1.54) is 28.6 Å². The summed E-state index contributed by atoms with van der Waals surface area (Å²) in [5.74, 6) is 0. The molecule has 18 heavy (non-hydrogen) atoms. The van der Waals surface area contributed by atoms with Gasteiger partial charge in [-0.1, -0.05) is 18.2 Å². The SMILES string of the molecule is N#CCCNC1CCCc2c1[nH]c1ccccc21. The maximum absolute atomic E-state index is 8.61. The van der Waals surface area contributed by atoms with Gasteiger partial charge in [-0.05, 0) is 30.9 Å². The van der Waals surface area contributed by atoms with Crippen molar-refractivity contribution >= 4 is 10.9 Å². The molecule has 3 nitrogen and oxygen atoms in total. The van der Waals surface area contributed by atoms with Crippen molar-refractivity contribution in [1.29, 1.82) is 5.26 Å². The third kappa shape index (κ3) is 1.89. The molecular weight excluding hydrogens is 222 g/mol. The molecule has 1 heterocycles. The van der Waals surface area contributed by atoms with E-state index in [4.69, 9.17) is 5.26 Å². The van der Waals surface area contributed by atoms with Crippen LogP contribution >= 0.6 is 0 Å². The standard InChI is InChI=1S/C15H17N3/c16-9-4-10-17-14-8-3-6-12-11-5-1-2-7-13(11)18-15(12)14/h1-2,5,7,14,17-18H,3-4,6,8,10H2. The van der Waals surface area contributed by atoms with Crippen molar-refractivity contribution in [2.75, 3.05) is 6.54 Å². The number of para-hydroxylation sites is 1. The van der Waals surface area contributed by atoms with Gasteiger partial charge in [0.2, 0.25) is 0 Å². The number of H-pyrrole nitrogens is 1. The molecule has 1 aromatic heterocycles. The van der Waals surface area contributed by atoms with E-state index in [-0.39, 0.29) is 0 Å². The number of aromatic nitrogens is 1. The van der Waals surface area contributed by atoms with Crippen LogP contribution in [0.2, 0.25) is 0 Å². The lowest BCUT2D eigenvalue weighted by Gasteiger charge is -2.23. The second-order valence-corrected chi connectivity index (χ2v) is 4.87. The molecule has 3 heteroatoms. The summed E-state index contributed by atoms with van der Waals surface area (Å²) in [7, 11) is 0. The van der Waals surface area contributed by atoms with Gasteiger partial charge >= 0.3 is 0 Å². The van der Waals surface area contributed by atoms with Gasteiger partial charge < -0.3 is 10.3 Å². The molecule has 2 N–H and O–H groups in total. The largest absolute Gasteiger partial charge is 0.357 e. The molecule has 0 saturated heterocycles. The van der Waals surface area contributed by atoms with Gasteiger partial charge in [0, 0.05) is 35.6 Å². The quantitative estimate of drug-likeness (QED) is 0.809. The summed E-state index contributed by atoms with van der Waals surface area (Å²) in [6.07, 6.45) is 4.12. The van der Waals surface area contributed by atoms with Crippen molar-refractivity contribution in [2.45, 2.75) is 31.7 Å². The molecule has 1 aliphatic rings. The number of hydrogen-bond donors (Lipinski definition) is 2. The number of nitriles is 1. The summed E-state index contributed by atoms with van der Waals surface area (Å²) in [5, 5.41) is 13.5. The van der Waals surface area contributed by atoms with Gasteiger partial charge in [-0.2, -0.15) is 5.26 Å². The Kier molecular flexibility index (Phi) is 3.04. The van der Waals surface area contributed by atoms with Crippen LogP contribution in [0.5, 0.6) is 0 Å². The van der Waals surface area contributed by atoms with Crippen LogP contribution < -0.4 is 5.32 Å². The lowest BCUT2D eigenvalue weighted by atomic mass is 9.91. The summed E-state index contributed by atoms with van der Waals surface area (Å²) in [4.78, 5) is 3.55. The maximum Gasteiger partial charge on any atom is 0.0635 e. The van der Waals surface area contributed by atoms with E-state index >= 15 is 0 Å². The molecule has 0 amide bonds. The van der Waals surface area contributed by atoms with Crippen molar-refractivity contribution in [3.8, 4) is 6.07 Å². The first kappa shape index (κ1) is 11.3. The van der Waals surface area contributed by atoms with Gasteiger partial charge in [0.25, 0.3) is 0 Å². The monoisotopic (exact) mass is 239 g/mol. The minimum Gasteiger partial charge on any atom is -0.357 e. The average Bonchev–Trinajstić information content (AvgIpc) is 2.79. The average molecular weight is 239 g/mol. The Bertz CT molecular complexity index is 591. The van der Waals surface area contributed by atoms with Gasteiger partial charge in [0.15, 0.2) is 0 Å². The topological polar surface area (TPSA) is 51.6 Å². The summed E-state index contributed by atoms with van der Waals surface area (Å²) in [5.41, 5.74) is 4.03. The highest BCUT2D eigenvalue weighted by Crippen LogP contribution is 2.34. The highest BCUT2D eigenvalue weighted by Gasteiger charge is 2.23. The van der Waals surface area contributed by atoms with Crippen molar-refractivity contribution in [1.82, 2.24) is 10.3 Å². The highest BCUT2D eigenvalue weighted by atomic mass is 14.9. The molecule has 0 bridgehead atoms. The zero-order valence-electron chi connectivity index (χ0n) is 10.4. The smallest absolute Gasteiger partial charge is 0.0635 e. The lowest BCUT2D eigenvalue weighted by molar-refractivity contribution is 0.459. The van der Waals surface area contributed by atoms with E-state index < -0.39 is 0 Å². The Morgan fingerprint density at radius 2 is 2.28 bits per heavy atom. The molecule has 0 radical (unpaired) electrons. The third-order valence-electron chi connectivity index (χ3n) is 3.74. The number of fused-ring (bicyclic) bond motifs is 3. The number of rotatable bonds is 3. The van der Waals surface area contributed by atoms with E-state index in [0.717, 1.165) is 19.4 Å². The summed E-state index contributed by atoms with van der Waals surface area (Å²) >= 11 is 0. The van der Waals surface area contributed by atoms with Crippen molar-refractivity contribution in [3.63, 3.8) is 0 Å². The molecule has 0 aliphatic heterocycles. The summed E-state index contributed by atoms with van der Waals surface area (Å²) in [6.45, 7) is 0.774. The first-order valence-electron chi connectivity index (χ1n) is 6.60. The van der Waals surface area contributed by atoms with Crippen LogP contribution in [-0.4, -0.2) is 11.5 Å². The molecule has 0 saturated carbocycles. The van der Waals surface area contributed by atoms with Crippen LogP contribution in [0.1, 0.15) is 36.6 Å². The predicted octanol–water partition coefficient (Wildman–Crippen LogP) is 3.05. The fourth-order valence-corrected chi connectivity index (χ4v) is 2.92. The molecule has 0 spiro atoms. The van der Waals surface area contributed by atoms with E-state index in [2.05, 4.69) is 40.6 Å². The van der Waals surface area contributed by atoms with Gasteiger partial charge in [0.1, 0.15) is 0 Å². The Labute approximate surface area is 107 Å². The fourth-order valence-electron chi connectivity index (χ4n) is 2.92. The van der Waals surface area contributed by atoms with E-state index in [1.807, 2.05) is 0 Å². The Morgan fingerprint density at radius 3 is 3.17 bits per heavy atom. The Hall–Kier alpha value is -1.79. The fraction of sp³-hybridized carbons (Fsp3) is 0.400. The zero-order chi connectivity index (χ0) is 12.4. The van der Waals surface area contributed by atoms with Crippen molar-refractivity contribution in [3.05, 3.63) is 35.5 Å². The van der Waals surface area contributed by atoms with E-state index in [1.54, 1.807) is 0 Å². The number of hydrogen-bond acceptors (Lipinski definition) is 2. The minimum absolute atomic E-state index is 0.384. The second-order valence-electron chi connectivity index (χ2n) is 4.87. The maximum atomic E-state index is 8.61. The molecule has 1 atom stereocenters. The van der Waals surface area contributed by atoms with Crippen LogP contribution in [0.3, 0.4) is 0 Å². The van der Waals surface area contributed by atoms with Gasteiger partial charge in [-0.15, -0.1) is 0 Å². The van der Waals surface area contributed by atoms with Gasteiger partial charge in [-0.3, -0.25) is 0 Å². The summed E-state index contributed by atoms with van der Waals surface area (Å²) in [6, 6.07) is 11.1. The number of nitrogens with zero attached hydrogens (tertiary/aromatic N) is 1. The van der Waals surface area contributed by atoms with E-state index in [9.17, 15) is 0 Å². The second kappa shape index (κ2) is 4.83. The number of nitrogens with one attached hydrogen (secondary N) is 2. The highest BCUT2D eigenvalue weighted by molar-refractivity contribution is 5.85. The molecule has 92 valence electrons. The van der Waals surface area contributed by atoms with Crippen molar-refractivity contribution in [2.24, 2.45) is 0 Å². The summed E-state index contributed by atoms with van der Waals surface area (Å²) < 4.78 is 0. The Balaban J connectivity index is 1.93. The first-order valence-corrected chi connectivity index (χ1v) is 6.60. The van der Waals surface area contributed by atoms with Crippen LogP contribution in [0.15, 0.2) is 24.3 Å². The molecule has 3 rings (SSSR count). The Morgan fingerprint density at radius 1 is 1.39 bits per heavy atom. The van der Waals surface area contributed by atoms with Crippen LogP contribution in [-0.2, 0) is 6.42 Å². The molecule has 0 fully saturated rings. The molecular formula is C15H17N3. The van der Waals surface area contributed by atoms with Gasteiger partial charge in [0.05, 0.1) is 6.07 Å². The van der Waals surface area contributed by atoms with Gasteiger partial charge in [-0.25, -0.2) is 0 Å². The van der Waals surface area contributed by atoms with Crippen LogP contribution in [0, 0.1) is 11.3 Å². The van der Waals surface area contributed by atoms with Crippen LogP contribution in [0.4, 0.5) is 0 Å². The third-order valence-corrected chi connectivity index (χ3v) is 3.74.